The summed E-state index contributed by atoms with van der Waals surface area (Å²) in [6.45, 7) is 3.86. The fourth-order valence-corrected chi connectivity index (χ4v) is 1.23. The van der Waals surface area contributed by atoms with Gasteiger partial charge in [0.25, 0.3) is 5.69 Å². The normalized spacial score (nSPS) is 10.4. The van der Waals surface area contributed by atoms with Crippen LogP contribution in [0.2, 0.25) is 0 Å². The maximum atomic E-state index is 13.5. The molecule has 0 fully saturated rings. The predicted octanol–water partition coefficient (Wildman–Crippen LogP) is 2.47. The molecule has 1 aromatic carbocycles. The summed E-state index contributed by atoms with van der Waals surface area (Å²) in [6.07, 6.45) is 0. The first-order valence-electron chi connectivity index (χ1n) is 5.17. The summed E-state index contributed by atoms with van der Waals surface area (Å²) < 4.78 is 18.5. The molecule has 98 valence electrons. The van der Waals surface area contributed by atoms with Crippen molar-refractivity contribution >= 4 is 11.7 Å². The molecule has 1 aromatic rings. The zero-order valence-electron chi connectivity index (χ0n) is 9.84. The molecule has 0 aliphatic heterocycles. The molecule has 0 unspecified atom stereocenters. The van der Waals surface area contributed by atoms with Gasteiger partial charge in [0.2, 0.25) is 0 Å². The van der Waals surface area contributed by atoms with Gasteiger partial charge in [-0.05, 0) is 5.92 Å². The molecule has 0 saturated carbocycles. The number of benzene rings is 1. The van der Waals surface area contributed by atoms with Gasteiger partial charge in [0.1, 0.15) is 5.56 Å². The Kier molecular flexibility index (Phi) is 4.19. The Labute approximate surface area is 102 Å². The van der Waals surface area contributed by atoms with Crippen LogP contribution in [-0.4, -0.2) is 22.6 Å². The molecule has 0 aliphatic carbocycles. The highest BCUT2D eigenvalue weighted by atomic mass is 19.1. The van der Waals surface area contributed by atoms with Crippen molar-refractivity contribution in [3.63, 3.8) is 0 Å². The lowest BCUT2D eigenvalue weighted by Gasteiger charge is -2.10. The Morgan fingerprint density at radius 1 is 1.56 bits per heavy atom. The van der Waals surface area contributed by atoms with E-state index in [1.54, 1.807) is 0 Å². The molecule has 0 aliphatic rings. The number of carboxylic acid groups (broad SMARTS) is 1. The van der Waals surface area contributed by atoms with E-state index >= 15 is 0 Å². The van der Waals surface area contributed by atoms with Crippen molar-refractivity contribution in [2.24, 2.45) is 5.92 Å². The van der Waals surface area contributed by atoms with Crippen molar-refractivity contribution < 1.29 is 24.0 Å². The Bertz CT molecular complexity index is 487. The van der Waals surface area contributed by atoms with Gasteiger partial charge in [0, 0.05) is 6.07 Å². The summed E-state index contributed by atoms with van der Waals surface area (Å²) in [5.41, 5.74) is -1.39. The predicted molar refractivity (Wildman–Crippen MR) is 60.3 cm³/mol. The SMILES string of the molecule is CC(C)COc1cc(C(=O)O)c([N+](=O)[O-])cc1F. The van der Waals surface area contributed by atoms with Crippen LogP contribution in [0.5, 0.6) is 5.75 Å². The van der Waals surface area contributed by atoms with Gasteiger partial charge in [0.05, 0.1) is 17.6 Å². The Hall–Kier alpha value is -2.18. The molecule has 6 nitrogen and oxygen atoms in total. The summed E-state index contributed by atoms with van der Waals surface area (Å²) in [6, 6.07) is 1.39. The van der Waals surface area contributed by atoms with Crippen LogP contribution in [0.3, 0.4) is 0 Å². The second-order valence-electron chi connectivity index (χ2n) is 4.07. The number of halogens is 1. The molecule has 0 bridgehead atoms. The minimum absolute atomic E-state index is 0.118. The number of carboxylic acids is 1. The second kappa shape index (κ2) is 5.44. The van der Waals surface area contributed by atoms with Crippen molar-refractivity contribution in [1.82, 2.24) is 0 Å². The number of hydrogen-bond acceptors (Lipinski definition) is 4. The zero-order valence-corrected chi connectivity index (χ0v) is 9.84. The van der Waals surface area contributed by atoms with Gasteiger partial charge in [-0.1, -0.05) is 13.8 Å². The van der Waals surface area contributed by atoms with E-state index in [0.29, 0.717) is 6.07 Å². The van der Waals surface area contributed by atoms with E-state index in [2.05, 4.69) is 0 Å². The van der Waals surface area contributed by atoms with E-state index in [-0.39, 0.29) is 18.3 Å². The summed E-state index contributed by atoms with van der Waals surface area (Å²) in [7, 11) is 0. The number of nitro benzene ring substituents is 1. The molecular formula is C11H12FNO5. The second-order valence-corrected chi connectivity index (χ2v) is 4.07. The Morgan fingerprint density at radius 3 is 2.61 bits per heavy atom. The molecule has 0 spiro atoms. The van der Waals surface area contributed by atoms with E-state index in [1.165, 1.54) is 0 Å². The van der Waals surface area contributed by atoms with Crippen LogP contribution in [0, 0.1) is 21.8 Å². The lowest BCUT2D eigenvalue weighted by Crippen LogP contribution is -2.09. The molecule has 0 saturated heterocycles. The van der Waals surface area contributed by atoms with Crippen LogP contribution < -0.4 is 4.74 Å². The van der Waals surface area contributed by atoms with Crippen LogP contribution in [0.15, 0.2) is 12.1 Å². The molecule has 0 atom stereocenters. The van der Waals surface area contributed by atoms with Gasteiger partial charge in [-0.3, -0.25) is 10.1 Å². The van der Waals surface area contributed by atoms with Gasteiger partial charge >= 0.3 is 5.97 Å². The van der Waals surface area contributed by atoms with E-state index in [9.17, 15) is 19.3 Å². The van der Waals surface area contributed by atoms with Crippen molar-refractivity contribution in [2.75, 3.05) is 6.61 Å². The van der Waals surface area contributed by atoms with Crippen molar-refractivity contribution in [3.05, 3.63) is 33.6 Å². The minimum Gasteiger partial charge on any atom is -0.490 e. The van der Waals surface area contributed by atoms with Gasteiger partial charge in [-0.25, -0.2) is 9.18 Å². The summed E-state index contributed by atoms with van der Waals surface area (Å²) in [5, 5.41) is 19.4. The molecular weight excluding hydrogens is 245 g/mol. The molecule has 0 amide bonds. The van der Waals surface area contributed by atoms with Crippen LogP contribution in [-0.2, 0) is 0 Å². The Morgan fingerprint density at radius 2 is 2.17 bits per heavy atom. The first kappa shape index (κ1) is 13.9. The monoisotopic (exact) mass is 257 g/mol. The molecule has 7 heteroatoms. The number of carbonyl (C=O) groups is 1. The highest BCUT2D eigenvalue weighted by Crippen LogP contribution is 2.28. The first-order chi connectivity index (χ1) is 8.32. The molecule has 1 N–H and O–H groups in total. The third kappa shape index (κ3) is 3.16. The minimum atomic E-state index is -1.50. The highest BCUT2D eigenvalue weighted by Gasteiger charge is 2.24. The van der Waals surface area contributed by atoms with E-state index < -0.39 is 28.0 Å². The summed E-state index contributed by atoms with van der Waals surface area (Å²) in [5.74, 6) is -2.64. The lowest BCUT2D eigenvalue weighted by molar-refractivity contribution is -0.385. The van der Waals surface area contributed by atoms with Crippen molar-refractivity contribution in [2.45, 2.75) is 13.8 Å². The summed E-state index contributed by atoms with van der Waals surface area (Å²) in [4.78, 5) is 20.5. The topological polar surface area (TPSA) is 89.7 Å². The van der Waals surface area contributed by atoms with Crippen LogP contribution in [0.1, 0.15) is 24.2 Å². The van der Waals surface area contributed by atoms with Gasteiger partial charge in [-0.15, -0.1) is 0 Å². The molecule has 1 rings (SSSR count). The Balaban J connectivity index is 3.19. The molecule has 0 aromatic heterocycles. The van der Waals surface area contributed by atoms with E-state index in [1.807, 2.05) is 13.8 Å². The zero-order chi connectivity index (χ0) is 13.9. The van der Waals surface area contributed by atoms with E-state index in [4.69, 9.17) is 9.84 Å². The highest BCUT2D eigenvalue weighted by molar-refractivity contribution is 5.92. The van der Waals surface area contributed by atoms with Crippen molar-refractivity contribution in [3.8, 4) is 5.75 Å². The lowest BCUT2D eigenvalue weighted by atomic mass is 10.1. The number of nitrogens with zero attached hydrogens (tertiary/aromatic N) is 1. The van der Waals surface area contributed by atoms with Crippen molar-refractivity contribution in [1.29, 1.82) is 0 Å². The first-order valence-corrected chi connectivity index (χ1v) is 5.17. The quantitative estimate of drug-likeness (QED) is 0.646. The van der Waals surface area contributed by atoms with Gasteiger partial charge in [0.15, 0.2) is 11.6 Å². The molecule has 0 radical (unpaired) electrons. The number of hydrogen-bond donors (Lipinski definition) is 1. The standard InChI is InChI=1S/C11H12FNO5/c1-6(2)5-18-10-3-7(11(14)15)9(13(16)17)4-8(10)12/h3-4,6H,5H2,1-2H3,(H,14,15). The average molecular weight is 257 g/mol. The van der Waals surface area contributed by atoms with E-state index in [0.717, 1.165) is 6.07 Å². The van der Waals surface area contributed by atoms with Crippen LogP contribution in [0.4, 0.5) is 10.1 Å². The number of rotatable bonds is 5. The van der Waals surface area contributed by atoms with Crippen LogP contribution >= 0.6 is 0 Å². The number of ether oxygens (including phenoxy) is 1. The number of nitro groups is 1. The van der Waals surface area contributed by atoms with Crippen LogP contribution in [0.25, 0.3) is 0 Å². The molecule has 18 heavy (non-hydrogen) atoms. The smallest absolute Gasteiger partial charge is 0.342 e. The number of aromatic carboxylic acids is 1. The molecule has 0 heterocycles. The maximum Gasteiger partial charge on any atom is 0.342 e. The third-order valence-corrected chi connectivity index (χ3v) is 2.05. The maximum absolute atomic E-state index is 13.5. The third-order valence-electron chi connectivity index (χ3n) is 2.05. The summed E-state index contributed by atoms with van der Waals surface area (Å²) >= 11 is 0. The van der Waals surface area contributed by atoms with Gasteiger partial charge in [-0.2, -0.15) is 0 Å². The fourth-order valence-electron chi connectivity index (χ4n) is 1.23. The largest absolute Gasteiger partial charge is 0.490 e. The van der Waals surface area contributed by atoms with Gasteiger partial charge < -0.3 is 9.84 Å². The average Bonchev–Trinajstić information content (AvgIpc) is 2.26. The fraction of sp³-hybridized carbons (Fsp3) is 0.364.